The molecule has 0 spiro atoms. The monoisotopic (exact) mass is 1900 g/mol. The zero-order chi connectivity index (χ0) is 71.1. The molecule has 0 bridgehead atoms. The van der Waals surface area contributed by atoms with Gasteiger partial charge in [-0.3, -0.25) is 15.0 Å². The molecule has 534 valence electrons. The first kappa shape index (κ1) is 95.9. The summed E-state index contributed by atoms with van der Waals surface area (Å²) in [6.07, 6.45) is 7.30. The fourth-order valence-corrected chi connectivity index (χ4v) is 29.7. The number of aromatic nitrogens is 7. The maximum atomic E-state index is 10.9. The van der Waals surface area contributed by atoms with Crippen molar-refractivity contribution in [2.45, 2.75) is 122 Å². The number of para-hydroxylation sites is 1. The third kappa shape index (κ3) is 44.8. The molecule has 0 aliphatic carbocycles. The van der Waals surface area contributed by atoms with Crippen molar-refractivity contribution in [3.8, 4) is 0 Å². The van der Waals surface area contributed by atoms with Crippen LogP contribution < -0.4 is 10.7 Å². The first-order valence-electron chi connectivity index (χ1n) is 27.4. The number of aryl methyl sites for hydroxylation is 1. The first-order valence-corrected chi connectivity index (χ1v) is 50.4. The molecule has 5 aromatic heterocycles. The molecule has 7 N–H and O–H groups in total. The van der Waals surface area contributed by atoms with Gasteiger partial charge in [-0.1, -0.05) is 163 Å². The zero-order valence-corrected chi connectivity index (χ0v) is 79.4. The van der Waals surface area contributed by atoms with E-state index < -0.39 is 0 Å². The summed E-state index contributed by atoms with van der Waals surface area (Å²) in [5.41, 5.74) is 6.88. The molecule has 5 aliphatic rings. The van der Waals surface area contributed by atoms with Crippen LogP contribution in [0, 0.1) is 26.7 Å². The Balaban J connectivity index is 0.000000362. The largest absolute Gasteiger partial charge is 0.366 e. The number of H-pyrrole nitrogens is 5. The summed E-state index contributed by atoms with van der Waals surface area (Å²) >= 11 is 103. The number of hydrogen-bond donors (Lipinski definition) is 18. The Labute approximate surface area is 718 Å². The van der Waals surface area contributed by atoms with Gasteiger partial charge in [-0.2, -0.15) is 116 Å². The van der Waals surface area contributed by atoms with E-state index in [1.165, 1.54) is 51.6 Å². The molecule has 4 fully saturated rings. The average molecular weight is 1900 g/mol. The normalized spacial score (nSPS) is 19.8. The maximum absolute atomic E-state index is 10.9. The number of aromatic amines is 5. The molecule has 5 aliphatic heterocycles. The molecule has 4 saturated heterocycles. The molecule has 6 unspecified atom stereocenters. The molecule has 11 rings (SSSR count). The van der Waals surface area contributed by atoms with Crippen LogP contribution >= 0.6 is 398 Å². The highest BCUT2D eigenvalue weighted by molar-refractivity contribution is 8.53. The molecule has 6 atom stereocenters. The summed E-state index contributed by atoms with van der Waals surface area (Å²) in [7, 11) is 0. The zero-order valence-electron chi connectivity index (χ0n) is 51.6. The van der Waals surface area contributed by atoms with Gasteiger partial charge in [-0.05, 0) is 118 Å². The lowest BCUT2D eigenvalue weighted by molar-refractivity contribution is -0.118. The van der Waals surface area contributed by atoms with Crippen LogP contribution in [0.2, 0.25) is 0 Å². The number of fused-ring (bicyclic) bond motifs is 1. The third-order valence-electron chi connectivity index (χ3n) is 10.4. The molecule has 95 heavy (non-hydrogen) atoms. The summed E-state index contributed by atoms with van der Waals surface area (Å²) in [5.74, 6) is 7.74. The highest BCUT2D eigenvalue weighted by Crippen LogP contribution is 2.45. The third-order valence-corrected chi connectivity index (χ3v) is 38.2. The Morgan fingerprint density at radius 3 is 1.58 bits per heavy atom. The van der Waals surface area contributed by atoms with Crippen LogP contribution in [-0.4, -0.2) is 133 Å². The number of unbranched alkanes of at least 4 members (excludes halogenated alkanes) is 1. The number of benzene rings is 1. The number of amides is 1. The summed E-state index contributed by atoms with van der Waals surface area (Å²) in [4.78, 5) is 20.1. The average Bonchev–Trinajstić information content (AvgIpc) is 1.83. The standard InChI is InChI=1S/C8H14N2OS3.C7H11NS3.C7H5NS2.C6H10N2S3.C5H8N2S4.C4H5NS3.C4H5NS2.C4H8S4.C3H4S5.C3H6S4/c1-6(9-10-7(11)5-12)8(2)13-3-4-14-8;1-7(2,3)4-5(9)11-6(10)8-4;9-7-8-5-3-1-2-4-6(5)10-7;1-2-3-4-10-6-8-7-5(9)11-6;8-2-1-3-10-5-7-6-4(9)11-5;1-2-3(6)8-4(7)5-2;6-4-3-5-1-2-7-4;5-3-1-7-4(6)2-8-3;4-1-2(5)8-3(6)7-1;4-2-3(5)7-1-6-2/h12H,3-5H2,1-2H3,(H,10,11);9H,1-3H3,(H,8,10);1-4H,(H,8,9);2-4H2,1H3,(H,7,9);8H,1-3H2,(H,6,9);6H,1H3,(H,5,7);1-3,5-6H;3-6H,1-2H2;1-2,4-5H;2-5H,1H2/b9-6+;;;;;;;;;. The van der Waals surface area contributed by atoms with Gasteiger partial charge in [0.15, 0.2) is 28.5 Å². The van der Waals surface area contributed by atoms with E-state index in [1.54, 1.807) is 81.5 Å². The Bertz CT molecular complexity index is 3360. The van der Waals surface area contributed by atoms with Crippen LogP contribution in [0.25, 0.3) is 10.2 Å². The molecule has 10 heterocycles. The van der Waals surface area contributed by atoms with Crippen LogP contribution in [-0.2, 0) is 10.2 Å². The van der Waals surface area contributed by atoms with E-state index in [1.807, 2.05) is 120 Å². The van der Waals surface area contributed by atoms with Crippen LogP contribution in [0.5, 0.6) is 0 Å². The first-order chi connectivity index (χ1) is 44.9. The Morgan fingerprint density at radius 1 is 0.716 bits per heavy atom. The number of rotatable bonds is 11. The predicted molar refractivity (Wildman–Crippen MR) is 508 cm³/mol. The Kier molecular flexibility index (Phi) is 55.7. The van der Waals surface area contributed by atoms with Crippen molar-refractivity contribution >= 4 is 424 Å². The molecule has 44 heteroatoms. The molecule has 1 aromatic carbocycles. The van der Waals surface area contributed by atoms with Gasteiger partial charge in [0.1, 0.15) is 3.53 Å². The summed E-state index contributed by atoms with van der Waals surface area (Å²) in [6.45, 7) is 14.6. The predicted octanol–water partition coefficient (Wildman–Crippen LogP) is 23.8. The summed E-state index contributed by atoms with van der Waals surface area (Å²) in [5, 5.41) is 23.6. The van der Waals surface area contributed by atoms with Gasteiger partial charge in [-0.25, -0.2) is 5.43 Å². The van der Waals surface area contributed by atoms with Gasteiger partial charge in [0, 0.05) is 68.8 Å². The van der Waals surface area contributed by atoms with Gasteiger partial charge in [0.25, 0.3) is 0 Å². The number of thioether (sulfide) groups is 11. The van der Waals surface area contributed by atoms with E-state index in [2.05, 4.69) is 231 Å². The minimum Gasteiger partial charge on any atom is -0.366 e. The van der Waals surface area contributed by atoms with Gasteiger partial charge in [0.05, 0.1) is 65.9 Å². The molecular formula is C51H76N10OS33. The number of hydrazone groups is 1. The van der Waals surface area contributed by atoms with Crippen molar-refractivity contribution in [1.82, 2.24) is 46.1 Å². The number of carbonyl (C=O) groups excluding carboxylic acids is 1. The van der Waals surface area contributed by atoms with Gasteiger partial charge in [0.2, 0.25) is 5.91 Å². The van der Waals surface area contributed by atoms with Gasteiger partial charge >= 0.3 is 0 Å². The summed E-state index contributed by atoms with van der Waals surface area (Å²) < 4.78 is 13.8. The summed E-state index contributed by atoms with van der Waals surface area (Å²) in [6, 6.07) is 8.11. The van der Waals surface area contributed by atoms with Crippen molar-refractivity contribution in [2.24, 2.45) is 5.10 Å². The number of thiocarbonyl (C=S) groups is 1. The quantitative estimate of drug-likeness (QED) is 0.0148. The highest BCUT2D eigenvalue weighted by Gasteiger charge is 2.33. The van der Waals surface area contributed by atoms with Crippen LogP contribution in [0.1, 0.15) is 72.2 Å². The van der Waals surface area contributed by atoms with E-state index >= 15 is 0 Å². The van der Waals surface area contributed by atoms with Crippen molar-refractivity contribution in [3.63, 3.8) is 0 Å². The van der Waals surface area contributed by atoms with Gasteiger partial charge in [-0.15, -0.1) is 120 Å². The van der Waals surface area contributed by atoms with E-state index in [-0.39, 0.29) is 30.3 Å². The fraction of sp³-hybridized carbons (Fsp3) is 0.529. The number of nitrogens with one attached hydrogen (secondary N) is 7. The number of thiazole rings is 3. The minimum absolute atomic E-state index is 0.0316. The van der Waals surface area contributed by atoms with Crippen molar-refractivity contribution < 1.29 is 4.79 Å². The number of hydrogen-bond acceptors (Lipinski definition) is 38. The van der Waals surface area contributed by atoms with Crippen LogP contribution in [0.4, 0.5) is 0 Å². The smallest absolute Gasteiger partial charge is 0.249 e. The highest BCUT2D eigenvalue weighted by atomic mass is 32.3. The molecule has 0 saturated carbocycles. The second-order valence-electron chi connectivity index (χ2n) is 19.0. The van der Waals surface area contributed by atoms with Crippen molar-refractivity contribution in [2.75, 3.05) is 51.1 Å². The lowest BCUT2D eigenvalue weighted by Gasteiger charge is -2.20. The Morgan fingerprint density at radius 2 is 1.24 bits per heavy atom. The Hall–Kier alpha value is 4.80. The topological polar surface area (TPSA) is 158 Å². The fourth-order valence-electron chi connectivity index (χ4n) is 5.67. The van der Waals surface area contributed by atoms with Crippen LogP contribution in [0.15, 0.2) is 68.5 Å². The lowest BCUT2D eigenvalue weighted by Crippen LogP contribution is -2.28. The number of thiol groups is 11. The minimum atomic E-state index is -0.163. The second-order valence-corrected chi connectivity index (χ2v) is 51.5. The molecule has 11 nitrogen and oxygen atoms in total. The molecule has 6 aromatic rings. The molecule has 0 radical (unpaired) electrons. The van der Waals surface area contributed by atoms with E-state index in [0.717, 1.165) is 119 Å². The van der Waals surface area contributed by atoms with Crippen molar-refractivity contribution in [1.29, 1.82) is 0 Å². The van der Waals surface area contributed by atoms with E-state index in [9.17, 15) is 4.79 Å². The SMILES string of the molecule is C/C(=N\NC(=O)CS)C1(C)SCCS1.CC(C)(C)c1[nH]c(=S)sc1S.CCCCSc1n[nH]c(=S)s1.Cc1[nH]c(=S)sc1S.S=C1SC(S)C(S)S1.S=c1[nH]c2ccccc2s1.S=c1[nH]nc(SCCCS)s1.SC1=CNC=CS1.SC1CSC(S)CS1.SC1SCSC1S. The maximum Gasteiger partial charge on any atom is 0.249 e. The van der Waals surface area contributed by atoms with Crippen LogP contribution in [0.3, 0.4) is 0 Å². The van der Waals surface area contributed by atoms with Crippen molar-refractivity contribution in [3.05, 3.63) is 77.5 Å². The molecular weight excluding hydrogens is 1830 g/mol. The lowest BCUT2D eigenvalue weighted by atomic mass is 9.93. The van der Waals surface area contributed by atoms with E-state index in [4.69, 9.17) is 73.3 Å². The second kappa shape index (κ2) is 55.2. The van der Waals surface area contributed by atoms with Gasteiger partial charge < -0.3 is 20.3 Å². The van der Waals surface area contributed by atoms with E-state index in [0.29, 0.717) is 18.3 Å². The molecule has 1 amide bonds. The number of carbonyl (C=O) groups is 1. The number of nitrogens with zero attached hydrogens (tertiary/aromatic N) is 3.